The number of aromatic nitrogens is 1. The molecule has 0 fully saturated rings. The molecule has 0 bridgehead atoms. The van der Waals surface area contributed by atoms with Crippen molar-refractivity contribution >= 4 is 49.4 Å². The Morgan fingerprint density at radius 1 is 1.18 bits per heavy atom. The van der Waals surface area contributed by atoms with E-state index in [1.807, 2.05) is 6.21 Å². The van der Waals surface area contributed by atoms with Crippen molar-refractivity contribution in [3.05, 3.63) is 86.3 Å². The summed E-state index contributed by atoms with van der Waals surface area (Å²) in [6.45, 7) is 7.77. The number of aliphatic imine (C=N–C) groups is 1. The molecule has 1 aliphatic carbocycles. The molecule has 1 aliphatic rings. The first-order valence-corrected chi connectivity index (χ1v) is 13.4. The highest BCUT2D eigenvalue weighted by Gasteiger charge is 2.32. The number of hydrogen-bond donors (Lipinski definition) is 0. The van der Waals surface area contributed by atoms with Gasteiger partial charge in [-0.3, -0.25) is 0 Å². The van der Waals surface area contributed by atoms with Crippen LogP contribution in [0.5, 0.6) is 0 Å². The van der Waals surface area contributed by atoms with Crippen molar-refractivity contribution in [1.82, 2.24) is 4.57 Å². The van der Waals surface area contributed by atoms with Crippen molar-refractivity contribution in [2.24, 2.45) is 16.3 Å². The molecule has 34 heavy (non-hydrogen) atoms. The van der Waals surface area contributed by atoms with Gasteiger partial charge < -0.3 is 4.57 Å². The molecule has 0 N–H and O–H groups in total. The molecule has 0 radical (unpaired) electrons. The Hall–Kier alpha value is -2.68. The fourth-order valence-electron chi connectivity index (χ4n) is 4.94. The minimum absolute atomic E-state index is 0.286. The molecule has 2 aromatic carbocycles. The molecule has 4 aromatic rings. The summed E-state index contributed by atoms with van der Waals surface area (Å²) < 4.78 is 3.36. The van der Waals surface area contributed by atoms with Gasteiger partial charge in [0.25, 0.3) is 0 Å². The second kappa shape index (κ2) is 9.17. The van der Waals surface area contributed by atoms with Crippen LogP contribution in [0.4, 0.5) is 5.00 Å². The van der Waals surface area contributed by atoms with Gasteiger partial charge in [0.2, 0.25) is 0 Å². The molecule has 0 spiro atoms. The number of halogens is 1. The van der Waals surface area contributed by atoms with Gasteiger partial charge in [-0.25, -0.2) is 4.99 Å². The maximum atomic E-state index is 9.92. The standard InChI is InChI=1S/C29H28BrN3S/c1-29(2,3)21-10-13-24-25(15-31)28(34-27(24)14-21)32-16-20-18-33(26-7-5-4-6-23(20)26)17-19-8-11-22(30)12-9-19/h4-9,11-12,16,18,21H,10,13-14,17H2,1-3H3/t21-/m0/s1. The summed E-state index contributed by atoms with van der Waals surface area (Å²) in [7, 11) is 0. The third-order valence-electron chi connectivity index (χ3n) is 6.99. The molecule has 0 aliphatic heterocycles. The van der Waals surface area contributed by atoms with Crippen molar-refractivity contribution < 1.29 is 0 Å². The number of para-hydroxylation sites is 1. The van der Waals surface area contributed by atoms with Crippen LogP contribution in [0.25, 0.3) is 10.9 Å². The molecule has 172 valence electrons. The fraction of sp³-hybridized carbons (Fsp3) is 0.310. The van der Waals surface area contributed by atoms with Gasteiger partial charge in [-0.05, 0) is 59.9 Å². The summed E-state index contributed by atoms with van der Waals surface area (Å²) in [5, 5.41) is 12.0. The quantitative estimate of drug-likeness (QED) is 0.245. The van der Waals surface area contributed by atoms with Gasteiger partial charge in [0.15, 0.2) is 0 Å². The van der Waals surface area contributed by atoms with Gasteiger partial charge >= 0.3 is 0 Å². The number of nitrogens with zero attached hydrogens (tertiary/aromatic N) is 3. The topological polar surface area (TPSA) is 41.1 Å². The molecule has 2 aromatic heterocycles. The van der Waals surface area contributed by atoms with Crippen molar-refractivity contribution in [2.75, 3.05) is 0 Å². The molecule has 0 amide bonds. The van der Waals surface area contributed by atoms with Crippen molar-refractivity contribution in [1.29, 1.82) is 5.26 Å². The van der Waals surface area contributed by atoms with Crippen LogP contribution in [0, 0.1) is 22.7 Å². The van der Waals surface area contributed by atoms with E-state index in [4.69, 9.17) is 4.99 Å². The zero-order chi connectivity index (χ0) is 23.9. The highest BCUT2D eigenvalue weighted by molar-refractivity contribution is 9.10. The van der Waals surface area contributed by atoms with Crippen molar-refractivity contribution in [2.45, 2.75) is 46.6 Å². The molecular formula is C29H28BrN3S. The van der Waals surface area contributed by atoms with E-state index in [0.29, 0.717) is 5.92 Å². The van der Waals surface area contributed by atoms with E-state index in [1.165, 1.54) is 26.9 Å². The number of hydrogen-bond acceptors (Lipinski definition) is 3. The zero-order valence-corrected chi connectivity index (χ0v) is 22.2. The van der Waals surface area contributed by atoms with Gasteiger partial charge in [-0.15, -0.1) is 11.3 Å². The molecule has 0 unspecified atom stereocenters. The van der Waals surface area contributed by atoms with Gasteiger partial charge in [0, 0.05) is 44.8 Å². The number of benzene rings is 2. The van der Waals surface area contributed by atoms with Crippen LogP contribution in [-0.2, 0) is 19.4 Å². The lowest BCUT2D eigenvalue weighted by atomic mass is 9.72. The van der Waals surface area contributed by atoms with E-state index in [9.17, 15) is 5.26 Å². The minimum atomic E-state index is 0.286. The molecule has 5 heteroatoms. The molecule has 5 rings (SSSR count). The summed E-state index contributed by atoms with van der Waals surface area (Å²) in [6, 6.07) is 19.4. The summed E-state index contributed by atoms with van der Waals surface area (Å²) in [6.07, 6.45) is 7.30. The second-order valence-electron chi connectivity index (χ2n) is 10.2. The van der Waals surface area contributed by atoms with Crippen LogP contribution in [-0.4, -0.2) is 10.8 Å². The number of nitriles is 1. The average molecular weight is 531 g/mol. The average Bonchev–Trinajstić information content (AvgIpc) is 3.35. The first-order chi connectivity index (χ1) is 16.3. The van der Waals surface area contributed by atoms with Crippen LogP contribution in [0.15, 0.2) is 64.2 Å². The zero-order valence-electron chi connectivity index (χ0n) is 19.8. The Morgan fingerprint density at radius 2 is 1.94 bits per heavy atom. The maximum Gasteiger partial charge on any atom is 0.134 e. The van der Waals surface area contributed by atoms with E-state index in [2.05, 4.69) is 102 Å². The number of fused-ring (bicyclic) bond motifs is 2. The Balaban J connectivity index is 1.48. The van der Waals surface area contributed by atoms with Gasteiger partial charge in [-0.2, -0.15) is 5.26 Å². The summed E-state index contributed by atoms with van der Waals surface area (Å²) in [5.41, 5.74) is 5.81. The van der Waals surface area contributed by atoms with E-state index in [0.717, 1.165) is 46.4 Å². The van der Waals surface area contributed by atoms with Crippen LogP contribution in [0.1, 0.15) is 54.3 Å². The lowest BCUT2D eigenvalue weighted by Gasteiger charge is -2.33. The third-order valence-corrected chi connectivity index (χ3v) is 8.68. The van der Waals surface area contributed by atoms with Crippen molar-refractivity contribution in [3.8, 4) is 6.07 Å². The maximum absolute atomic E-state index is 9.92. The van der Waals surface area contributed by atoms with Crippen LogP contribution in [0.2, 0.25) is 0 Å². The third kappa shape index (κ3) is 4.50. The van der Waals surface area contributed by atoms with Gasteiger partial charge in [0.05, 0.1) is 5.56 Å². The van der Waals surface area contributed by atoms with Gasteiger partial charge in [0.1, 0.15) is 11.1 Å². The lowest BCUT2D eigenvalue weighted by Crippen LogP contribution is -2.26. The SMILES string of the molecule is CC(C)(C)[C@H]1CCc2c(sc(N=Cc3cn(Cc4ccc(Br)cc4)c4ccccc34)c2C#N)C1. The van der Waals surface area contributed by atoms with E-state index < -0.39 is 0 Å². The molecule has 3 nitrogen and oxygen atoms in total. The Kier molecular flexibility index (Phi) is 6.22. The number of thiophene rings is 1. The Morgan fingerprint density at radius 3 is 2.68 bits per heavy atom. The number of rotatable bonds is 4. The first-order valence-electron chi connectivity index (χ1n) is 11.7. The largest absolute Gasteiger partial charge is 0.342 e. The Bertz CT molecular complexity index is 1410. The molecular weight excluding hydrogens is 502 g/mol. The van der Waals surface area contributed by atoms with Crippen LogP contribution >= 0.6 is 27.3 Å². The summed E-state index contributed by atoms with van der Waals surface area (Å²) in [4.78, 5) is 6.23. The monoisotopic (exact) mass is 529 g/mol. The Labute approximate surface area is 213 Å². The smallest absolute Gasteiger partial charge is 0.134 e. The molecule has 0 saturated carbocycles. The molecule has 1 atom stereocenters. The predicted octanol–water partition coefficient (Wildman–Crippen LogP) is 8.29. The second-order valence-corrected chi connectivity index (χ2v) is 12.2. The predicted molar refractivity (Wildman–Crippen MR) is 146 cm³/mol. The van der Waals surface area contributed by atoms with Crippen LogP contribution < -0.4 is 0 Å². The normalized spacial score (nSPS) is 16.1. The summed E-state index contributed by atoms with van der Waals surface area (Å²) >= 11 is 5.23. The first kappa shape index (κ1) is 23.1. The minimum Gasteiger partial charge on any atom is -0.342 e. The van der Waals surface area contributed by atoms with Crippen molar-refractivity contribution in [3.63, 3.8) is 0 Å². The van der Waals surface area contributed by atoms with Crippen LogP contribution in [0.3, 0.4) is 0 Å². The highest BCUT2D eigenvalue weighted by Crippen LogP contribution is 2.45. The molecule has 2 heterocycles. The fourth-order valence-corrected chi connectivity index (χ4v) is 6.43. The van der Waals surface area contributed by atoms with E-state index in [-0.39, 0.29) is 5.41 Å². The lowest BCUT2D eigenvalue weighted by molar-refractivity contribution is 0.218. The van der Waals surface area contributed by atoms with Gasteiger partial charge in [-0.1, -0.05) is 67.0 Å². The molecule has 0 saturated heterocycles. The van der Waals surface area contributed by atoms with E-state index in [1.54, 1.807) is 11.3 Å². The summed E-state index contributed by atoms with van der Waals surface area (Å²) in [5.74, 6) is 0.651. The van der Waals surface area contributed by atoms with E-state index >= 15 is 0 Å². The highest BCUT2D eigenvalue weighted by atomic mass is 79.9.